The van der Waals surface area contributed by atoms with Gasteiger partial charge in [-0.05, 0) is 25.8 Å². The fraction of sp³-hybridized carbons (Fsp3) is 1.00. The number of nitrogens with one attached hydrogen (secondary N) is 1. The highest BCUT2D eigenvalue weighted by Gasteiger charge is 2.05. The maximum absolute atomic E-state index is 8.80. The number of hydrogen-bond donors (Lipinski definition) is 2. The number of aliphatic hydroxyl groups excluding tert-OH is 1. The van der Waals surface area contributed by atoms with Crippen LogP contribution in [-0.4, -0.2) is 37.5 Å². The highest BCUT2D eigenvalue weighted by Crippen LogP contribution is 1.93. The molecule has 13 heavy (non-hydrogen) atoms. The first kappa shape index (κ1) is 12.9. The largest absolute Gasteiger partial charge is 0.396 e. The second-order valence-corrected chi connectivity index (χ2v) is 3.24. The molecular formula is C10H23NO2. The highest BCUT2D eigenvalue weighted by molar-refractivity contribution is 4.64. The van der Waals surface area contributed by atoms with Gasteiger partial charge in [0, 0.05) is 19.3 Å². The summed E-state index contributed by atoms with van der Waals surface area (Å²) in [5.74, 6) is 0. The molecule has 0 aliphatic carbocycles. The van der Waals surface area contributed by atoms with Gasteiger partial charge in [-0.2, -0.15) is 0 Å². The third-order valence-corrected chi connectivity index (χ3v) is 1.83. The third-order valence-electron chi connectivity index (χ3n) is 1.83. The zero-order valence-corrected chi connectivity index (χ0v) is 8.88. The summed E-state index contributed by atoms with van der Waals surface area (Å²) in [6, 6.07) is 0.316. The second kappa shape index (κ2) is 9.96. The van der Waals surface area contributed by atoms with E-state index in [0.29, 0.717) is 12.6 Å². The van der Waals surface area contributed by atoms with E-state index in [1.54, 1.807) is 0 Å². The minimum absolute atomic E-state index is 0.233. The van der Waals surface area contributed by atoms with Crippen molar-refractivity contribution in [1.82, 2.24) is 5.32 Å². The van der Waals surface area contributed by atoms with E-state index in [1.807, 2.05) is 0 Å². The van der Waals surface area contributed by atoms with E-state index in [4.69, 9.17) is 9.84 Å². The smallest absolute Gasteiger partial charge is 0.0620 e. The molecule has 0 saturated heterocycles. The van der Waals surface area contributed by atoms with E-state index in [0.717, 1.165) is 32.4 Å². The molecule has 0 rings (SSSR count). The summed E-state index contributed by atoms with van der Waals surface area (Å²) < 4.78 is 5.42. The van der Waals surface area contributed by atoms with Gasteiger partial charge in [-0.3, -0.25) is 0 Å². The summed E-state index contributed by atoms with van der Waals surface area (Å²) in [5.41, 5.74) is 0. The van der Waals surface area contributed by atoms with Gasteiger partial charge in [-0.25, -0.2) is 0 Å². The lowest BCUT2D eigenvalue weighted by molar-refractivity contribution is 0.102. The van der Waals surface area contributed by atoms with Crippen molar-refractivity contribution < 1.29 is 9.84 Å². The number of aliphatic hydroxyl groups is 1. The van der Waals surface area contributed by atoms with Gasteiger partial charge in [0.25, 0.3) is 0 Å². The van der Waals surface area contributed by atoms with Crippen LogP contribution in [0.5, 0.6) is 0 Å². The summed E-state index contributed by atoms with van der Waals surface area (Å²) in [6.45, 7) is 7.00. The Bertz CT molecular complexity index is 98.9. The molecule has 1 atom stereocenters. The van der Waals surface area contributed by atoms with Crippen LogP contribution in [0.4, 0.5) is 0 Å². The number of ether oxygens (including phenoxy) is 1. The topological polar surface area (TPSA) is 41.5 Å². The molecule has 0 aromatic heterocycles. The van der Waals surface area contributed by atoms with E-state index in [-0.39, 0.29) is 6.61 Å². The first-order valence-electron chi connectivity index (χ1n) is 5.27. The van der Waals surface area contributed by atoms with Crippen molar-refractivity contribution in [2.75, 3.05) is 26.4 Å². The molecule has 0 aromatic carbocycles. The minimum atomic E-state index is 0.233. The van der Waals surface area contributed by atoms with Crippen LogP contribution < -0.4 is 5.32 Å². The van der Waals surface area contributed by atoms with Crippen LogP contribution in [0.25, 0.3) is 0 Å². The van der Waals surface area contributed by atoms with E-state index >= 15 is 0 Å². The highest BCUT2D eigenvalue weighted by atomic mass is 16.5. The van der Waals surface area contributed by atoms with Crippen LogP contribution in [0.2, 0.25) is 0 Å². The molecule has 0 bridgehead atoms. The third kappa shape index (κ3) is 8.22. The van der Waals surface area contributed by atoms with Crippen LogP contribution in [0.1, 0.15) is 33.1 Å². The fourth-order valence-corrected chi connectivity index (χ4v) is 1.12. The van der Waals surface area contributed by atoms with E-state index in [2.05, 4.69) is 19.2 Å². The molecule has 3 nitrogen and oxygen atoms in total. The van der Waals surface area contributed by atoms with E-state index < -0.39 is 0 Å². The second-order valence-electron chi connectivity index (χ2n) is 3.24. The molecule has 0 fully saturated rings. The van der Waals surface area contributed by atoms with Gasteiger partial charge in [0.2, 0.25) is 0 Å². The summed E-state index contributed by atoms with van der Waals surface area (Å²) in [5, 5.41) is 12.1. The summed E-state index contributed by atoms with van der Waals surface area (Å²) in [6.07, 6.45) is 2.96. The standard InChI is InChI=1S/C10H23NO2/c1-3-6-11-10(5-7-12)9-13-8-4-2/h10-12H,3-9H2,1-2H3. The molecular weight excluding hydrogens is 166 g/mol. The Balaban J connectivity index is 3.41. The van der Waals surface area contributed by atoms with E-state index in [1.165, 1.54) is 0 Å². The van der Waals surface area contributed by atoms with Crippen molar-refractivity contribution in [2.45, 2.75) is 39.2 Å². The Morgan fingerprint density at radius 3 is 2.62 bits per heavy atom. The predicted octanol–water partition coefficient (Wildman–Crippen LogP) is 1.16. The summed E-state index contributed by atoms with van der Waals surface area (Å²) >= 11 is 0. The molecule has 3 heteroatoms. The van der Waals surface area contributed by atoms with Gasteiger partial charge in [0.1, 0.15) is 0 Å². The van der Waals surface area contributed by atoms with Gasteiger partial charge >= 0.3 is 0 Å². The Hall–Kier alpha value is -0.120. The van der Waals surface area contributed by atoms with Gasteiger partial charge in [-0.15, -0.1) is 0 Å². The average molecular weight is 189 g/mol. The lowest BCUT2D eigenvalue weighted by atomic mass is 10.2. The Kier molecular flexibility index (Phi) is 9.87. The first-order chi connectivity index (χ1) is 6.35. The molecule has 0 aliphatic rings. The van der Waals surface area contributed by atoms with Crippen LogP contribution in [0, 0.1) is 0 Å². The van der Waals surface area contributed by atoms with Crippen LogP contribution >= 0.6 is 0 Å². The minimum Gasteiger partial charge on any atom is -0.396 e. The van der Waals surface area contributed by atoms with Crippen molar-refractivity contribution in [3.05, 3.63) is 0 Å². The molecule has 0 aliphatic heterocycles. The Labute approximate surface area is 81.5 Å². The van der Waals surface area contributed by atoms with Crippen molar-refractivity contribution in [1.29, 1.82) is 0 Å². The maximum Gasteiger partial charge on any atom is 0.0620 e. The van der Waals surface area contributed by atoms with Crippen LogP contribution in [-0.2, 0) is 4.74 Å². The zero-order chi connectivity index (χ0) is 9.94. The Morgan fingerprint density at radius 2 is 2.08 bits per heavy atom. The van der Waals surface area contributed by atoms with Gasteiger partial charge in [-0.1, -0.05) is 13.8 Å². The molecule has 0 aromatic rings. The molecule has 1 unspecified atom stereocenters. The molecule has 0 amide bonds. The molecule has 80 valence electrons. The summed E-state index contributed by atoms with van der Waals surface area (Å²) in [7, 11) is 0. The van der Waals surface area contributed by atoms with Crippen molar-refractivity contribution in [2.24, 2.45) is 0 Å². The van der Waals surface area contributed by atoms with Crippen molar-refractivity contribution >= 4 is 0 Å². The predicted molar refractivity (Wildman–Crippen MR) is 54.9 cm³/mol. The molecule has 0 radical (unpaired) electrons. The van der Waals surface area contributed by atoms with Crippen LogP contribution in [0.3, 0.4) is 0 Å². The van der Waals surface area contributed by atoms with Crippen molar-refractivity contribution in [3.63, 3.8) is 0 Å². The first-order valence-corrected chi connectivity index (χ1v) is 5.27. The lowest BCUT2D eigenvalue weighted by Crippen LogP contribution is -2.35. The van der Waals surface area contributed by atoms with Crippen LogP contribution in [0.15, 0.2) is 0 Å². The van der Waals surface area contributed by atoms with E-state index in [9.17, 15) is 0 Å². The zero-order valence-electron chi connectivity index (χ0n) is 8.88. The molecule has 2 N–H and O–H groups in total. The molecule has 0 spiro atoms. The summed E-state index contributed by atoms with van der Waals surface area (Å²) in [4.78, 5) is 0. The molecule has 0 heterocycles. The molecule has 0 saturated carbocycles. The lowest BCUT2D eigenvalue weighted by Gasteiger charge is -2.17. The SMILES string of the molecule is CCCNC(CCO)COCCC. The number of hydrogen-bond acceptors (Lipinski definition) is 3. The van der Waals surface area contributed by atoms with Gasteiger partial charge < -0.3 is 15.2 Å². The van der Waals surface area contributed by atoms with Gasteiger partial charge in [0.15, 0.2) is 0 Å². The fourth-order valence-electron chi connectivity index (χ4n) is 1.12. The average Bonchev–Trinajstić information content (AvgIpc) is 2.14. The maximum atomic E-state index is 8.80. The van der Waals surface area contributed by atoms with Gasteiger partial charge in [0.05, 0.1) is 6.61 Å². The quantitative estimate of drug-likeness (QED) is 0.535. The normalized spacial score (nSPS) is 13.2. The van der Waals surface area contributed by atoms with Crippen molar-refractivity contribution in [3.8, 4) is 0 Å². The number of rotatable bonds is 9. The Morgan fingerprint density at radius 1 is 1.31 bits per heavy atom. The monoisotopic (exact) mass is 189 g/mol.